The summed E-state index contributed by atoms with van der Waals surface area (Å²) in [5.74, 6) is -0.204. The van der Waals surface area contributed by atoms with E-state index in [1.54, 1.807) is 0 Å². The SMILES string of the molecule is Cc1c(C2CN(Cc3ccc(Br)cn3)CCN2)ccc2c1COC2=O. The van der Waals surface area contributed by atoms with E-state index in [-0.39, 0.29) is 12.0 Å². The number of hydrogen-bond donors (Lipinski definition) is 1. The van der Waals surface area contributed by atoms with Gasteiger partial charge in [-0.25, -0.2) is 4.79 Å². The summed E-state index contributed by atoms with van der Waals surface area (Å²) >= 11 is 3.43. The molecule has 0 amide bonds. The first kappa shape index (κ1) is 16.7. The van der Waals surface area contributed by atoms with Crippen LogP contribution in [0.3, 0.4) is 0 Å². The Morgan fingerprint density at radius 2 is 2.24 bits per heavy atom. The summed E-state index contributed by atoms with van der Waals surface area (Å²) in [5.41, 5.74) is 5.26. The van der Waals surface area contributed by atoms with Crippen LogP contribution in [0.4, 0.5) is 0 Å². The molecule has 130 valence electrons. The molecule has 1 N–H and O–H groups in total. The van der Waals surface area contributed by atoms with Crippen molar-refractivity contribution in [2.45, 2.75) is 26.1 Å². The van der Waals surface area contributed by atoms with Gasteiger partial charge in [0, 0.05) is 48.5 Å². The van der Waals surface area contributed by atoms with E-state index in [1.807, 2.05) is 18.3 Å². The maximum Gasteiger partial charge on any atom is 0.338 e. The van der Waals surface area contributed by atoms with Crippen LogP contribution in [0.1, 0.15) is 38.8 Å². The minimum absolute atomic E-state index is 0.204. The second-order valence-electron chi connectivity index (χ2n) is 6.59. The molecule has 6 heteroatoms. The van der Waals surface area contributed by atoms with Crippen LogP contribution in [-0.4, -0.2) is 35.5 Å². The summed E-state index contributed by atoms with van der Waals surface area (Å²) in [6.45, 7) is 6.19. The molecule has 25 heavy (non-hydrogen) atoms. The van der Waals surface area contributed by atoms with E-state index in [0.29, 0.717) is 12.2 Å². The second-order valence-corrected chi connectivity index (χ2v) is 7.51. The molecule has 1 aromatic carbocycles. The minimum Gasteiger partial charge on any atom is -0.457 e. The number of pyridine rings is 1. The summed E-state index contributed by atoms with van der Waals surface area (Å²) in [4.78, 5) is 18.6. The van der Waals surface area contributed by atoms with Crippen molar-refractivity contribution in [1.82, 2.24) is 15.2 Å². The molecule has 0 saturated carbocycles. The van der Waals surface area contributed by atoms with Crippen molar-refractivity contribution >= 4 is 21.9 Å². The molecule has 1 atom stereocenters. The van der Waals surface area contributed by atoms with Gasteiger partial charge in [-0.3, -0.25) is 9.88 Å². The molecule has 1 fully saturated rings. The summed E-state index contributed by atoms with van der Waals surface area (Å²) in [6.07, 6.45) is 1.84. The monoisotopic (exact) mass is 401 g/mol. The highest BCUT2D eigenvalue weighted by molar-refractivity contribution is 9.10. The van der Waals surface area contributed by atoms with Gasteiger partial charge in [0.15, 0.2) is 0 Å². The number of carbonyl (C=O) groups excluding carboxylic acids is 1. The largest absolute Gasteiger partial charge is 0.457 e. The first-order valence-electron chi connectivity index (χ1n) is 8.47. The average molecular weight is 402 g/mol. The summed E-state index contributed by atoms with van der Waals surface area (Å²) in [6, 6.07) is 8.32. The lowest BCUT2D eigenvalue weighted by atomic mass is 9.93. The highest BCUT2D eigenvalue weighted by Gasteiger charge is 2.28. The van der Waals surface area contributed by atoms with Crippen LogP contribution in [-0.2, 0) is 17.9 Å². The summed E-state index contributed by atoms with van der Waals surface area (Å²) in [7, 11) is 0. The van der Waals surface area contributed by atoms with Gasteiger partial charge in [0.05, 0.1) is 11.3 Å². The van der Waals surface area contributed by atoms with Crippen molar-refractivity contribution in [2.24, 2.45) is 0 Å². The molecule has 2 aromatic rings. The lowest BCUT2D eigenvalue weighted by Gasteiger charge is -2.34. The van der Waals surface area contributed by atoms with Gasteiger partial charge in [0.25, 0.3) is 0 Å². The third-order valence-electron chi connectivity index (χ3n) is 5.02. The fourth-order valence-corrected chi connectivity index (χ4v) is 3.87. The van der Waals surface area contributed by atoms with Crippen molar-refractivity contribution in [3.63, 3.8) is 0 Å². The topological polar surface area (TPSA) is 54.5 Å². The standard InChI is InChI=1S/C19H20BrN3O2/c1-12-15(4-5-16-17(12)11-25-19(16)24)18-10-23(7-6-21-18)9-14-3-2-13(20)8-22-14/h2-5,8,18,21H,6-7,9-11H2,1H3. The number of hydrogen-bond acceptors (Lipinski definition) is 5. The summed E-state index contributed by atoms with van der Waals surface area (Å²) in [5, 5.41) is 3.61. The maximum atomic E-state index is 11.7. The van der Waals surface area contributed by atoms with Gasteiger partial charge in [-0.1, -0.05) is 6.07 Å². The quantitative estimate of drug-likeness (QED) is 0.801. The van der Waals surface area contributed by atoms with E-state index in [4.69, 9.17) is 4.74 Å². The Kier molecular flexibility index (Phi) is 4.58. The lowest BCUT2D eigenvalue weighted by Crippen LogP contribution is -2.45. The molecule has 0 aliphatic carbocycles. The Balaban J connectivity index is 1.52. The zero-order valence-electron chi connectivity index (χ0n) is 14.1. The number of ether oxygens (including phenoxy) is 1. The predicted molar refractivity (Wildman–Crippen MR) is 98.3 cm³/mol. The van der Waals surface area contributed by atoms with Crippen LogP contribution in [0.25, 0.3) is 0 Å². The number of esters is 1. The van der Waals surface area contributed by atoms with Crippen LogP contribution < -0.4 is 5.32 Å². The molecule has 1 saturated heterocycles. The first-order chi connectivity index (χ1) is 12.1. The lowest BCUT2D eigenvalue weighted by molar-refractivity contribution is 0.0535. The van der Waals surface area contributed by atoms with Gasteiger partial charge in [-0.05, 0) is 52.2 Å². The molecule has 0 bridgehead atoms. The molecule has 4 rings (SSSR count). The molecule has 2 aliphatic heterocycles. The summed E-state index contributed by atoms with van der Waals surface area (Å²) < 4.78 is 6.17. The Morgan fingerprint density at radius 3 is 3.04 bits per heavy atom. The fourth-order valence-electron chi connectivity index (χ4n) is 3.64. The minimum atomic E-state index is -0.204. The number of carbonyl (C=O) groups is 1. The molecule has 2 aliphatic rings. The van der Waals surface area contributed by atoms with Gasteiger partial charge in [-0.15, -0.1) is 0 Å². The van der Waals surface area contributed by atoms with E-state index in [9.17, 15) is 4.79 Å². The number of benzene rings is 1. The highest BCUT2D eigenvalue weighted by atomic mass is 79.9. The van der Waals surface area contributed by atoms with E-state index >= 15 is 0 Å². The number of rotatable bonds is 3. The molecule has 1 aromatic heterocycles. The van der Waals surface area contributed by atoms with E-state index < -0.39 is 0 Å². The third-order valence-corrected chi connectivity index (χ3v) is 5.49. The number of aromatic nitrogens is 1. The molecule has 5 nitrogen and oxygen atoms in total. The van der Waals surface area contributed by atoms with Gasteiger partial charge in [0.1, 0.15) is 6.61 Å². The Morgan fingerprint density at radius 1 is 1.36 bits per heavy atom. The molecule has 1 unspecified atom stereocenters. The number of nitrogens with zero attached hydrogens (tertiary/aromatic N) is 2. The molecular formula is C19H20BrN3O2. The van der Waals surface area contributed by atoms with Crippen LogP contribution >= 0.6 is 15.9 Å². The van der Waals surface area contributed by atoms with Crippen molar-refractivity contribution in [1.29, 1.82) is 0 Å². The number of nitrogens with one attached hydrogen (secondary N) is 1. The number of cyclic esters (lactones) is 1. The van der Waals surface area contributed by atoms with Crippen LogP contribution in [0, 0.1) is 6.92 Å². The fraction of sp³-hybridized carbons (Fsp3) is 0.368. The van der Waals surface area contributed by atoms with Crippen LogP contribution in [0.5, 0.6) is 0 Å². The van der Waals surface area contributed by atoms with Gasteiger partial charge in [0.2, 0.25) is 0 Å². The molecule has 0 radical (unpaired) electrons. The van der Waals surface area contributed by atoms with E-state index in [0.717, 1.165) is 41.9 Å². The van der Waals surface area contributed by atoms with Crippen LogP contribution in [0.15, 0.2) is 34.9 Å². The molecule has 0 spiro atoms. The van der Waals surface area contributed by atoms with Gasteiger partial charge in [-0.2, -0.15) is 0 Å². The Labute approximate surface area is 155 Å². The first-order valence-corrected chi connectivity index (χ1v) is 9.27. The zero-order chi connectivity index (χ0) is 17.4. The van der Waals surface area contributed by atoms with Crippen LogP contribution in [0.2, 0.25) is 0 Å². The van der Waals surface area contributed by atoms with Gasteiger partial charge < -0.3 is 10.1 Å². The van der Waals surface area contributed by atoms with E-state index in [2.05, 4.69) is 50.2 Å². The zero-order valence-corrected chi connectivity index (χ0v) is 15.7. The number of fused-ring (bicyclic) bond motifs is 1. The maximum absolute atomic E-state index is 11.7. The van der Waals surface area contributed by atoms with Crippen molar-refractivity contribution in [2.75, 3.05) is 19.6 Å². The smallest absolute Gasteiger partial charge is 0.338 e. The second kappa shape index (κ2) is 6.86. The van der Waals surface area contributed by atoms with E-state index in [1.165, 1.54) is 11.1 Å². The normalized spacial score (nSPS) is 20.4. The number of halogens is 1. The highest BCUT2D eigenvalue weighted by Crippen LogP contribution is 2.30. The number of piperazine rings is 1. The van der Waals surface area contributed by atoms with Crippen molar-refractivity contribution in [3.8, 4) is 0 Å². The molecular weight excluding hydrogens is 382 g/mol. The Bertz CT molecular complexity index is 807. The Hall–Kier alpha value is -1.76. The third kappa shape index (κ3) is 3.34. The van der Waals surface area contributed by atoms with Crippen molar-refractivity contribution < 1.29 is 9.53 Å². The van der Waals surface area contributed by atoms with Crippen molar-refractivity contribution in [3.05, 3.63) is 62.9 Å². The molecule has 3 heterocycles. The van der Waals surface area contributed by atoms with Gasteiger partial charge >= 0.3 is 5.97 Å². The average Bonchev–Trinajstić information content (AvgIpc) is 3.00. The predicted octanol–water partition coefficient (Wildman–Crippen LogP) is 2.97.